The van der Waals surface area contributed by atoms with Crippen LogP contribution in [0.5, 0.6) is 0 Å². The molecule has 1 N–H and O–H groups in total. The predicted molar refractivity (Wildman–Crippen MR) is 104 cm³/mol. The Morgan fingerprint density at radius 2 is 1.73 bits per heavy atom. The SMILES string of the molecule is CCc1ccc(NC(=O)c2cc3c(ccc4ccccc43)oc2=O)cc1. The molecule has 0 radical (unpaired) electrons. The minimum Gasteiger partial charge on any atom is -0.422 e. The molecule has 4 rings (SSSR count). The van der Waals surface area contributed by atoms with E-state index >= 15 is 0 Å². The Balaban J connectivity index is 1.77. The first-order chi connectivity index (χ1) is 12.7. The summed E-state index contributed by atoms with van der Waals surface area (Å²) in [5, 5.41) is 5.47. The van der Waals surface area contributed by atoms with Crippen molar-refractivity contribution < 1.29 is 9.21 Å². The van der Waals surface area contributed by atoms with Gasteiger partial charge in [-0.3, -0.25) is 4.79 Å². The third kappa shape index (κ3) is 2.86. The predicted octanol–water partition coefficient (Wildman–Crippen LogP) is 4.76. The van der Waals surface area contributed by atoms with Gasteiger partial charge in [0.2, 0.25) is 0 Å². The van der Waals surface area contributed by atoms with Crippen molar-refractivity contribution in [1.82, 2.24) is 0 Å². The fourth-order valence-electron chi connectivity index (χ4n) is 3.05. The number of rotatable bonds is 3. The first kappa shape index (κ1) is 16.1. The fraction of sp³-hybridized carbons (Fsp3) is 0.0909. The van der Waals surface area contributed by atoms with Gasteiger partial charge in [0, 0.05) is 11.1 Å². The second-order valence-electron chi connectivity index (χ2n) is 6.15. The minimum atomic E-state index is -0.643. The molecule has 1 heterocycles. The van der Waals surface area contributed by atoms with Crippen molar-refractivity contribution in [2.24, 2.45) is 0 Å². The third-order valence-corrected chi connectivity index (χ3v) is 4.51. The highest BCUT2D eigenvalue weighted by Crippen LogP contribution is 2.25. The molecule has 4 heteroatoms. The molecule has 0 aliphatic rings. The number of fused-ring (bicyclic) bond motifs is 3. The van der Waals surface area contributed by atoms with E-state index in [1.54, 1.807) is 12.1 Å². The van der Waals surface area contributed by atoms with Crippen molar-refractivity contribution in [3.8, 4) is 0 Å². The van der Waals surface area contributed by atoms with Gasteiger partial charge in [-0.2, -0.15) is 0 Å². The van der Waals surface area contributed by atoms with Crippen LogP contribution in [0.2, 0.25) is 0 Å². The Hall–Kier alpha value is -3.40. The van der Waals surface area contributed by atoms with Gasteiger partial charge < -0.3 is 9.73 Å². The minimum absolute atomic E-state index is 0.00609. The van der Waals surface area contributed by atoms with Crippen LogP contribution < -0.4 is 10.9 Å². The fourth-order valence-corrected chi connectivity index (χ4v) is 3.05. The Labute approximate surface area is 150 Å². The molecule has 0 aliphatic heterocycles. The van der Waals surface area contributed by atoms with Crippen molar-refractivity contribution >= 4 is 33.3 Å². The molecule has 0 spiro atoms. The van der Waals surface area contributed by atoms with Crippen LogP contribution in [0, 0.1) is 0 Å². The van der Waals surface area contributed by atoms with E-state index in [0.717, 1.165) is 22.6 Å². The monoisotopic (exact) mass is 343 g/mol. The van der Waals surface area contributed by atoms with Gasteiger partial charge in [0.05, 0.1) is 0 Å². The Bertz CT molecular complexity index is 1170. The maximum atomic E-state index is 12.6. The lowest BCUT2D eigenvalue weighted by Crippen LogP contribution is -2.20. The van der Waals surface area contributed by atoms with Gasteiger partial charge >= 0.3 is 5.63 Å². The zero-order valence-electron chi connectivity index (χ0n) is 14.3. The molecule has 0 fully saturated rings. The summed E-state index contributed by atoms with van der Waals surface area (Å²) in [4.78, 5) is 24.9. The van der Waals surface area contributed by atoms with Crippen LogP contribution in [0.3, 0.4) is 0 Å². The molecule has 0 atom stereocenters. The average Bonchev–Trinajstić information content (AvgIpc) is 2.67. The number of carbonyl (C=O) groups is 1. The Kier molecular flexibility index (Phi) is 4.01. The maximum absolute atomic E-state index is 12.6. The van der Waals surface area contributed by atoms with Crippen molar-refractivity contribution in [3.05, 3.63) is 88.3 Å². The van der Waals surface area contributed by atoms with Crippen molar-refractivity contribution in [2.75, 3.05) is 5.32 Å². The van der Waals surface area contributed by atoms with E-state index in [1.165, 1.54) is 5.56 Å². The zero-order chi connectivity index (χ0) is 18.1. The van der Waals surface area contributed by atoms with E-state index in [4.69, 9.17) is 4.42 Å². The van der Waals surface area contributed by atoms with Gasteiger partial charge in [0.1, 0.15) is 11.1 Å². The van der Waals surface area contributed by atoms with E-state index in [0.29, 0.717) is 11.3 Å². The highest BCUT2D eigenvalue weighted by atomic mass is 16.4. The van der Waals surface area contributed by atoms with Crippen LogP contribution in [0.25, 0.3) is 21.7 Å². The highest BCUT2D eigenvalue weighted by Gasteiger charge is 2.15. The van der Waals surface area contributed by atoms with E-state index in [1.807, 2.05) is 54.6 Å². The summed E-state index contributed by atoms with van der Waals surface area (Å²) >= 11 is 0. The maximum Gasteiger partial charge on any atom is 0.349 e. The van der Waals surface area contributed by atoms with E-state index < -0.39 is 11.5 Å². The number of amides is 1. The molecular formula is C22H17NO3. The molecule has 26 heavy (non-hydrogen) atoms. The number of hydrogen-bond donors (Lipinski definition) is 1. The molecule has 4 aromatic rings. The van der Waals surface area contributed by atoms with Crippen LogP contribution in [-0.2, 0) is 6.42 Å². The lowest BCUT2D eigenvalue weighted by atomic mass is 10.0. The largest absolute Gasteiger partial charge is 0.422 e. The number of hydrogen-bond acceptors (Lipinski definition) is 3. The molecule has 3 aromatic carbocycles. The van der Waals surface area contributed by atoms with Gasteiger partial charge in [-0.25, -0.2) is 4.79 Å². The number of aryl methyl sites for hydroxylation is 1. The molecule has 0 saturated carbocycles. The summed E-state index contributed by atoms with van der Waals surface area (Å²) in [6.07, 6.45) is 0.926. The molecule has 1 aromatic heterocycles. The van der Waals surface area contributed by atoms with Crippen LogP contribution in [0.1, 0.15) is 22.8 Å². The lowest BCUT2D eigenvalue weighted by Gasteiger charge is -2.07. The van der Waals surface area contributed by atoms with Crippen molar-refractivity contribution in [3.63, 3.8) is 0 Å². The smallest absolute Gasteiger partial charge is 0.349 e. The van der Waals surface area contributed by atoms with Gasteiger partial charge in [0.15, 0.2) is 0 Å². The van der Waals surface area contributed by atoms with E-state index in [2.05, 4.69) is 12.2 Å². The first-order valence-electron chi connectivity index (χ1n) is 8.51. The van der Waals surface area contributed by atoms with Gasteiger partial charge in [0.25, 0.3) is 5.91 Å². The molecule has 128 valence electrons. The summed E-state index contributed by atoms with van der Waals surface area (Å²) in [5.41, 5.74) is 1.64. The second kappa shape index (κ2) is 6.48. The third-order valence-electron chi connectivity index (χ3n) is 4.51. The molecule has 0 bridgehead atoms. The topological polar surface area (TPSA) is 59.3 Å². The molecule has 1 amide bonds. The van der Waals surface area contributed by atoms with Crippen molar-refractivity contribution in [1.29, 1.82) is 0 Å². The summed E-state index contributed by atoms with van der Waals surface area (Å²) in [6, 6.07) is 20.6. The average molecular weight is 343 g/mol. The van der Waals surface area contributed by atoms with Gasteiger partial charge in [-0.05, 0) is 47.0 Å². The Morgan fingerprint density at radius 1 is 0.962 bits per heavy atom. The normalized spacial score (nSPS) is 11.0. The van der Waals surface area contributed by atoms with Crippen LogP contribution in [0.15, 0.2) is 75.9 Å². The van der Waals surface area contributed by atoms with E-state index in [9.17, 15) is 9.59 Å². The number of nitrogens with one attached hydrogen (secondary N) is 1. The molecule has 0 unspecified atom stereocenters. The van der Waals surface area contributed by atoms with Crippen LogP contribution in [-0.4, -0.2) is 5.91 Å². The molecule has 0 saturated heterocycles. The highest BCUT2D eigenvalue weighted by molar-refractivity contribution is 6.10. The zero-order valence-corrected chi connectivity index (χ0v) is 14.3. The van der Waals surface area contributed by atoms with Crippen molar-refractivity contribution in [2.45, 2.75) is 13.3 Å². The number of anilines is 1. The standard InChI is InChI=1S/C22H17NO3/c1-2-14-7-10-16(11-8-14)23-21(24)19-13-18-17-6-4-3-5-15(17)9-12-20(18)26-22(19)25/h3-13H,2H2,1H3,(H,23,24). The summed E-state index contributed by atoms with van der Waals surface area (Å²) < 4.78 is 5.38. The van der Waals surface area contributed by atoms with Gasteiger partial charge in [-0.1, -0.05) is 49.4 Å². The first-order valence-corrected chi connectivity index (χ1v) is 8.51. The summed E-state index contributed by atoms with van der Waals surface area (Å²) in [5.74, 6) is -0.474. The van der Waals surface area contributed by atoms with Gasteiger partial charge in [-0.15, -0.1) is 0 Å². The summed E-state index contributed by atoms with van der Waals surface area (Å²) in [6.45, 7) is 2.07. The lowest BCUT2D eigenvalue weighted by molar-refractivity contribution is 0.102. The number of carbonyl (C=O) groups excluding carboxylic acids is 1. The summed E-state index contributed by atoms with van der Waals surface area (Å²) in [7, 11) is 0. The Morgan fingerprint density at radius 3 is 2.50 bits per heavy atom. The quantitative estimate of drug-likeness (QED) is 0.431. The van der Waals surface area contributed by atoms with E-state index in [-0.39, 0.29) is 5.56 Å². The number of benzene rings is 3. The van der Waals surface area contributed by atoms with Crippen LogP contribution >= 0.6 is 0 Å². The second-order valence-corrected chi connectivity index (χ2v) is 6.15. The molecule has 0 aliphatic carbocycles. The molecular weight excluding hydrogens is 326 g/mol. The molecule has 4 nitrogen and oxygen atoms in total. The van der Waals surface area contributed by atoms with Crippen LogP contribution in [0.4, 0.5) is 5.69 Å².